The summed E-state index contributed by atoms with van der Waals surface area (Å²) in [5.74, 6) is 0.804. The first-order valence-electron chi connectivity index (χ1n) is 3.28. The van der Waals surface area contributed by atoms with Gasteiger partial charge in [0.15, 0.2) is 0 Å². The molecule has 58 valence electrons. The summed E-state index contributed by atoms with van der Waals surface area (Å²) in [4.78, 5) is 8.43. The molecule has 0 saturated heterocycles. The average molecular weight is 260 g/mol. The molecule has 3 heteroatoms. The lowest BCUT2D eigenvalue weighted by molar-refractivity contribution is 0.988. The van der Waals surface area contributed by atoms with E-state index in [2.05, 4.69) is 39.1 Å². The highest BCUT2D eigenvalue weighted by Crippen LogP contribution is 2.13. The van der Waals surface area contributed by atoms with E-state index < -0.39 is 0 Å². The monoisotopic (exact) mass is 260 g/mol. The van der Waals surface area contributed by atoms with Gasteiger partial charge in [0, 0.05) is 0 Å². The van der Waals surface area contributed by atoms with E-state index in [4.69, 9.17) is 0 Å². The van der Waals surface area contributed by atoms with Gasteiger partial charge >= 0.3 is 0 Å². The van der Waals surface area contributed by atoms with Gasteiger partial charge in [-0.15, -0.1) is 0 Å². The molecule has 0 aliphatic heterocycles. The molecule has 1 aromatic rings. The van der Waals surface area contributed by atoms with Crippen LogP contribution in [0.3, 0.4) is 0 Å². The third-order valence-electron chi connectivity index (χ3n) is 1.35. The van der Waals surface area contributed by atoms with Crippen LogP contribution in [0.5, 0.6) is 0 Å². The maximum absolute atomic E-state index is 4.22. The van der Waals surface area contributed by atoms with Crippen molar-refractivity contribution in [2.24, 2.45) is 0 Å². The SMILES string of the molecule is C=Cc1nc(C)nc(C)c1I. The Kier molecular flexibility index (Phi) is 2.59. The lowest BCUT2D eigenvalue weighted by atomic mass is 10.3. The highest BCUT2D eigenvalue weighted by Gasteiger charge is 2.02. The van der Waals surface area contributed by atoms with Gasteiger partial charge in [0.25, 0.3) is 0 Å². The third kappa shape index (κ3) is 1.77. The molecule has 0 radical (unpaired) electrons. The van der Waals surface area contributed by atoms with Crippen molar-refractivity contribution in [2.45, 2.75) is 13.8 Å². The smallest absolute Gasteiger partial charge is 0.126 e. The summed E-state index contributed by atoms with van der Waals surface area (Å²) in [5, 5.41) is 0. The Morgan fingerprint density at radius 2 is 2.00 bits per heavy atom. The largest absolute Gasteiger partial charge is 0.237 e. The molecule has 0 aliphatic carbocycles. The van der Waals surface area contributed by atoms with E-state index in [0.717, 1.165) is 20.8 Å². The molecule has 0 N–H and O–H groups in total. The van der Waals surface area contributed by atoms with E-state index in [1.165, 1.54) is 0 Å². The highest BCUT2D eigenvalue weighted by molar-refractivity contribution is 14.1. The molecule has 0 spiro atoms. The molecule has 0 aromatic carbocycles. The maximum atomic E-state index is 4.22. The summed E-state index contributed by atoms with van der Waals surface area (Å²) >= 11 is 2.23. The molecule has 1 heterocycles. The second kappa shape index (κ2) is 3.30. The van der Waals surface area contributed by atoms with Gasteiger partial charge in [-0.25, -0.2) is 9.97 Å². The minimum Gasteiger partial charge on any atom is -0.237 e. The van der Waals surface area contributed by atoms with Crippen LogP contribution in [0.15, 0.2) is 6.58 Å². The Morgan fingerprint density at radius 1 is 1.36 bits per heavy atom. The summed E-state index contributed by atoms with van der Waals surface area (Å²) in [5.41, 5.74) is 1.95. The molecule has 0 fully saturated rings. The molecule has 0 atom stereocenters. The molecule has 0 amide bonds. The van der Waals surface area contributed by atoms with Crippen LogP contribution >= 0.6 is 22.6 Å². The first-order valence-corrected chi connectivity index (χ1v) is 4.36. The van der Waals surface area contributed by atoms with E-state index in [1.807, 2.05) is 13.8 Å². The van der Waals surface area contributed by atoms with E-state index in [-0.39, 0.29) is 0 Å². The van der Waals surface area contributed by atoms with Gasteiger partial charge in [0.05, 0.1) is 15.0 Å². The van der Waals surface area contributed by atoms with Crippen molar-refractivity contribution in [1.29, 1.82) is 0 Å². The Balaban J connectivity index is 3.35. The Hall–Kier alpha value is -0.450. The predicted octanol–water partition coefficient (Wildman–Crippen LogP) is 2.34. The minimum absolute atomic E-state index is 0.804. The fraction of sp³-hybridized carbons (Fsp3) is 0.250. The Labute approximate surface area is 79.9 Å². The molecule has 1 rings (SSSR count). The van der Waals surface area contributed by atoms with Crippen molar-refractivity contribution < 1.29 is 0 Å². The van der Waals surface area contributed by atoms with Gasteiger partial charge in [0.1, 0.15) is 5.82 Å². The highest BCUT2D eigenvalue weighted by atomic mass is 127. The molecular weight excluding hydrogens is 251 g/mol. The van der Waals surface area contributed by atoms with Crippen LogP contribution in [0.2, 0.25) is 0 Å². The van der Waals surface area contributed by atoms with Crippen LogP contribution in [0.4, 0.5) is 0 Å². The van der Waals surface area contributed by atoms with E-state index >= 15 is 0 Å². The zero-order chi connectivity index (χ0) is 8.43. The summed E-state index contributed by atoms with van der Waals surface area (Å²) in [6.45, 7) is 7.54. The van der Waals surface area contributed by atoms with Crippen molar-refractivity contribution >= 4 is 28.7 Å². The number of hydrogen-bond acceptors (Lipinski definition) is 2. The molecule has 0 saturated carbocycles. The molecule has 11 heavy (non-hydrogen) atoms. The van der Waals surface area contributed by atoms with Gasteiger partial charge in [0.2, 0.25) is 0 Å². The lowest BCUT2D eigenvalue weighted by Gasteiger charge is -2.01. The van der Waals surface area contributed by atoms with Gasteiger partial charge in [-0.05, 0) is 42.5 Å². The van der Waals surface area contributed by atoms with Gasteiger partial charge in [-0.1, -0.05) is 6.58 Å². The van der Waals surface area contributed by atoms with Crippen LogP contribution in [0, 0.1) is 17.4 Å². The normalized spacial score (nSPS) is 9.73. The quantitative estimate of drug-likeness (QED) is 0.724. The van der Waals surface area contributed by atoms with E-state index in [1.54, 1.807) is 6.08 Å². The van der Waals surface area contributed by atoms with Gasteiger partial charge < -0.3 is 0 Å². The molecule has 1 aromatic heterocycles. The Bertz CT molecular complexity index is 294. The van der Waals surface area contributed by atoms with Crippen LogP contribution < -0.4 is 0 Å². The predicted molar refractivity (Wildman–Crippen MR) is 54.3 cm³/mol. The zero-order valence-corrected chi connectivity index (χ0v) is 8.71. The minimum atomic E-state index is 0.804. The number of nitrogens with zero attached hydrogens (tertiary/aromatic N) is 2. The lowest BCUT2D eigenvalue weighted by Crippen LogP contribution is -1.97. The molecule has 0 unspecified atom stereocenters. The number of halogens is 1. The first kappa shape index (κ1) is 8.64. The van der Waals surface area contributed by atoms with Crippen molar-refractivity contribution in [3.8, 4) is 0 Å². The molecule has 0 aliphatic rings. The number of aromatic nitrogens is 2. The molecule has 2 nitrogen and oxygen atoms in total. The van der Waals surface area contributed by atoms with Crippen LogP contribution in [0.1, 0.15) is 17.2 Å². The molecular formula is C8H9IN2. The summed E-state index contributed by atoms with van der Waals surface area (Å²) < 4.78 is 1.09. The zero-order valence-electron chi connectivity index (χ0n) is 6.56. The number of rotatable bonds is 1. The van der Waals surface area contributed by atoms with Crippen LogP contribution in [-0.4, -0.2) is 9.97 Å². The number of aryl methyl sites for hydroxylation is 2. The summed E-state index contributed by atoms with van der Waals surface area (Å²) in [7, 11) is 0. The van der Waals surface area contributed by atoms with Crippen molar-refractivity contribution in [3.05, 3.63) is 27.4 Å². The van der Waals surface area contributed by atoms with Gasteiger partial charge in [-0.2, -0.15) is 0 Å². The summed E-state index contributed by atoms with van der Waals surface area (Å²) in [6, 6.07) is 0. The van der Waals surface area contributed by atoms with E-state index in [0.29, 0.717) is 0 Å². The van der Waals surface area contributed by atoms with Crippen molar-refractivity contribution in [3.63, 3.8) is 0 Å². The van der Waals surface area contributed by atoms with Crippen molar-refractivity contribution in [1.82, 2.24) is 9.97 Å². The second-order valence-electron chi connectivity index (χ2n) is 2.26. The first-order chi connectivity index (χ1) is 5.15. The maximum Gasteiger partial charge on any atom is 0.126 e. The van der Waals surface area contributed by atoms with E-state index in [9.17, 15) is 0 Å². The third-order valence-corrected chi connectivity index (χ3v) is 2.68. The number of hydrogen-bond donors (Lipinski definition) is 0. The Morgan fingerprint density at radius 3 is 2.55 bits per heavy atom. The standard InChI is InChI=1S/C8H9IN2/c1-4-7-8(9)5(2)10-6(3)11-7/h4H,1H2,2-3H3. The molecule has 0 bridgehead atoms. The second-order valence-corrected chi connectivity index (χ2v) is 3.34. The average Bonchev–Trinajstić information content (AvgIpc) is 1.96. The van der Waals surface area contributed by atoms with Crippen LogP contribution in [-0.2, 0) is 0 Å². The topological polar surface area (TPSA) is 25.8 Å². The van der Waals surface area contributed by atoms with Crippen LogP contribution in [0.25, 0.3) is 6.08 Å². The fourth-order valence-corrected chi connectivity index (χ4v) is 1.32. The summed E-state index contributed by atoms with van der Waals surface area (Å²) in [6.07, 6.45) is 1.75. The van der Waals surface area contributed by atoms with Crippen molar-refractivity contribution in [2.75, 3.05) is 0 Å². The van der Waals surface area contributed by atoms with Gasteiger partial charge in [-0.3, -0.25) is 0 Å². The fourth-order valence-electron chi connectivity index (χ4n) is 0.861.